The van der Waals surface area contributed by atoms with Gasteiger partial charge in [0.2, 0.25) is 5.44 Å². The average molecular weight is 183 g/mol. The summed E-state index contributed by atoms with van der Waals surface area (Å²) in [7, 11) is 1.19. The molecule has 0 N–H and O–H groups in total. The summed E-state index contributed by atoms with van der Waals surface area (Å²) < 4.78 is 25.4. The minimum Gasteiger partial charge on any atom is -0.477 e. The Kier molecular flexibility index (Phi) is 3.46. The van der Waals surface area contributed by atoms with Crippen LogP contribution < -0.4 is 0 Å². The quantitative estimate of drug-likeness (QED) is 0.373. The maximum absolute atomic E-state index is 10.5. The largest absolute Gasteiger partial charge is 0.477 e. The van der Waals surface area contributed by atoms with Gasteiger partial charge < -0.3 is 4.74 Å². The first-order chi connectivity index (χ1) is 4.52. The third-order valence-corrected chi connectivity index (χ3v) is 2.09. The highest BCUT2D eigenvalue weighted by atomic mass is 35.7. The van der Waals surface area contributed by atoms with Crippen LogP contribution in [0.2, 0.25) is 0 Å². The van der Waals surface area contributed by atoms with Crippen LogP contribution in [0.15, 0.2) is 25.5 Å². The lowest BCUT2D eigenvalue weighted by atomic mass is 10.7. The maximum atomic E-state index is 10.5. The van der Waals surface area contributed by atoms with Crippen molar-refractivity contribution >= 4 is 19.7 Å². The smallest absolute Gasteiger partial charge is 0.274 e. The molecule has 0 saturated carbocycles. The van der Waals surface area contributed by atoms with Crippen molar-refractivity contribution in [3.05, 3.63) is 25.5 Å². The summed E-state index contributed by atoms with van der Waals surface area (Å²) in [5.41, 5.74) is -1.20. The molecular formula is C5H7ClO3S. The van der Waals surface area contributed by atoms with E-state index in [9.17, 15) is 8.42 Å². The zero-order valence-electron chi connectivity index (χ0n) is 5.16. The van der Waals surface area contributed by atoms with E-state index in [1.165, 1.54) is 0 Å². The first kappa shape index (κ1) is 9.52. The van der Waals surface area contributed by atoms with E-state index in [-0.39, 0.29) is 0 Å². The van der Waals surface area contributed by atoms with Crippen molar-refractivity contribution < 1.29 is 13.2 Å². The predicted octanol–water partition coefficient (Wildman–Crippen LogP) is 1.23. The van der Waals surface area contributed by atoms with Crippen molar-refractivity contribution in [2.45, 2.75) is 5.44 Å². The van der Waals surface area contributed by atoms with Crippen molar-refractivity contribution in [2.24, 2.45) is 0 Å². The highest BCUT2D eigenvalue weighted by Gasteiger charge is 2.18. The van der Waals surface area contributed by atoms with Gasteiger partial charge in [0.25, 0.3) is 9.05 Å². The Labute approximate surface area is 64.4 Å². The normalized spacial score (nSPS) is 13.7. The molecule has 3 nitrogen and oxygen atoms in total. The van der Waals surface area contributed by atoms with E-state index in [0.29, 0.717) is 0 Å². The monoisotopic (exact) mass is 182 g/mol. The molecular weight excluding hydrogens is 176 g/mol. The molecule has 0 radical (unpaired) electrons. The van der Waals surface area contributed by atoms with Crippen LogP contribution in [0.1, 0.15) is 0 Å². The van der Waals surface area contributed by atoms with Crippen LogP contribution in [0.5, 0.6) is 0 Å². The van der Waals surface area contributed by atoms with Crippen LogP contribution in [0.4, 0.5) is 0 Å². The van der Waals surface area contributed by atoms with Gasteiger partial charge in [0.05, 0.1) is 6.26 Å². The van der Waals surface area contributed by atoms with Gasteiger partial charge in [0, 0.05) is 10.7 Å². The van der Waals surface area contributed by atoms with Gasteiger partial charge in [-0.3, -0.25) is 0 Å². The van der Waals surface area contributed by atoms with Crippen LogP contribution >= 0.6 is 10.7 Å². The molecule has 0 aromatic carbocycles. The zero-order valence-corrected chi connectivity index (χ0v) is 6.73. The Morgan fingerprint density at radius 3 is 2.10 bits per heavy atom. The van der Waals surface area contributed by atoms with E-state index in [1.54, 1.807) is 0 Å². The molecule has 0 bridgehead atoms. The predicted molar refractivity (Wildman–Crippen MR) is 40.0 cm³/mol. The fourth-order valence-corrected chi connectivity index (χ4v) is 1.12. The molecule has 0 amide bonds. The molecule has 0 fully saturated rings. The Morgan fingerprint density at radius 1 is 1.50 bits per heavy atom. The summed E-state index contributed by atoms with van der Waals surface area (Å²) in [6.45, 7) is 6.38. The second-order valence-corrected chi connectivity index (χ2v) is 4.09. The maximum Gasteiger partial charge on any atom is 0.274 e. The lowest BCUT2D eigenvalue weighted by molar-refractivity contribution is 0.253. The summed E-state index contributed by atoms with van der Waals surface area (Å²) in [6.07, 6.45) is 2.07. The molecule has 0 aliphatic heterocycles. The van der Waals surface area contributed by atoms with Gasteiger partial charge in [-0.25, -0.2) is 8.42 Å². The molecule has 0 spiro atoms. The number of ether oxygens (including phenoxy) is 1. The van der Waals surface area contributed by atoms with Gasteiger partial charge >= 0.3 is 0 Å². The summed E-state index contributed by atoms with van der Waals surface area (Å²) in [6, 6.07) is 0. The molecule has 0 aromatic rings. The van der Waals surface area contributed by atoms with Gasteiger partial charge in [-0.05, 0) is 6.08 Å². The van der Waals surface area contributed by atoms with Crippen LogP contribution in [0.3, 0.4) is 0 Å². The second-order valence-electron chi connectivity index (χ2n) is 1.38. The van der Waals surface area contributed by atoms with Crippen molar-refractivity contribution in [3.8, 4) is 0 Å². The van der Waals surface area contributed by atoms with Crippen LogP contribution in [-0.4, -0.2) is 13.9 Å². The van der Waals surface area contributed by atoms with Gasteiger partial charge in [-0.1, -0.05) is 13.2 Å². The van der Waals surface area contributed by atoms with Crippen molar-refractivity contribution in [3.63, 3.8) is 0 Å². The Bertz CT molecular complexity index is 219. The van der Waals surface area contributed by atoms with Gasteiger partial charge in [-0.2, -0.15) is 0 Å². The molecule has 0 heterocycles. The molecule has 0 rings (SSSR count). The van der Waals surface area contributed by atoms with E-state index in [4.69, 9.17) is 10.7 Å². The Hall–Kier alpha value is -0.480. The average Bonchev–Trinajstić information content (AvgIpc) is 1.80. The second kappa shape index (κ2) is 3.63. The van der Waals surface area contributed by atoms with Crippen molar-refractivity contribution in [1.29, 1.82) is 0 Å². The molecule has 0 aliphatic rings. The third-order valence-electron chi connectivity index (χ3n) is 0.700. The zero-order chi connectivity index (χ0) is 8.20. The Balaban J connectivity index is 4.36. The highest BCUT2D eigenvalue weighted by molar-refractivity contribution is 8.14. The highest BCUT2D eigenvalue weighted by Crippen LogP contribution is 2.09. The van der Waals surface area contributed by atoms with E-state index >= 15 is 0 Å². The summed E-state index contributed by atoms with van der Waals surface area (Å²) in [5.74, 6) is 0. The molecule has 0 saturated heterocycles. The summed E-state index contributed by atoms with van der Waals surface area (Å²) in [5, 5.41) is 0. The number of hydrogen-bond donors (Lipinski definition) is 0. The molecule has 5 heteroatoms. The van der Waals surface area contributed by atoms with Crippen LogP contribution in [-0.2, 0) is 13.8 Å². The van der Waals surface area contributed by atoms with Crippen molar-refractivity contribution in [1.82, 2.24) is 0 Å². The number of rotatable bonds is 4. The first-order valence-corrected chi connectivity index (χ1v) is 4.72. The molecule has 10 heavy (non-hydrogen) atoms. The molecule has 0 aliphatic carbocycles. The molecule has 1 unspecified atom stereocenters. The fraction of sp³-hybridized carbons (Fsp3) is 0.200. The number of halogens is 1. The van der Waals surface area contributed by atoms with E-state index in [2.05, 4.69) is 17.9 Å². The van der Waals surface area contributed by atoms with Gasteiger partial charge in [0.1, 0.15) is 0 Å². The summed E-state index contributed by atoms with van der Waals surface area (Å²) in [4.78, 5) is 0. The van der Waals surface area contributed by atoms with E-state index in [0.717, 1.165) is 12.3 Å². The minimum absolute atomic E-state index is 0.992. The van der Waals surface area contributed by atoms with Gasteiger partial charge in [0.15, 0.2) is 0 Å². The molecule has 1 atom stereocenters. The lowest BCUT2D eigenvalue weighted by Crippen LogP contribution is -2.13. The fourth-order valence-electron chi connectivity index (χ4n) is 0.332. The lowest BCUT2D eigenvalue weighted by Gasteiger charge is -2.05. The van der Waals surface area contributed by atoms with Crippen molar-refractivity contribution in [2.75, 3.05) is 0 Å². The number of hydrogen-bond acceptors (Lipinski definition) is 3. The standard InChI is InChI=1S/C5H7ClO3S/c1-3-5(9-4-2)10(6,7)8/h3-5H,1-2H2. The SMILES string of the molecule is C=COC(C=C)S(=O)(=O)Cl. The topological polar surface area (TPSA) is 43.4 Å². The minimum atomic E-state index is -3.72. The van der Waals surface area contributed by atoms with Crippen LogP contribution in [0, 0.1) is 0 Å². The van der Waals surface area contributed by atoms with E-state index in [1.807, 2.05) is 0 Å². The van der Waals surface area contributed by atoms with Crippen LogP contribution in [0.25, 0.3) is 0 Å². The first-order valence-electron chi connectivity index (χ1n) is 2.34. The molecule has 0 aromatic heterocycles. The summed E-state index contributed by atoms with van der Waals surface area (Å²) >= 11 is 0. The van der Waals surface area contributed by atoms with E-state index < -0.39 is 14.5 Å². The Morgan fingerprint density at radius 2 is 2.00 bits per heavy atom. The van der Waals surface area contributed by atoms with Gasteiger partial charge in [-0.15, -0.1) is 0 Å². The third kappa shape index (κ3) is 2.89. The molecule has 58 valence electrons.